The highest BCUT2D eigenvalue weighted by Crippen LogP contribution is 2.37. The molecule has 2 saturated heterocycles. The third-order valence-corrected chi connectivity index (χ3v) is 4.66. The van der Waals surface area contributed by atoms with Crippen LogP contribution in [-0.2, 0) is 0 Å². The van der Waals surface area contributed by atoms with Gasteiger partial charge in [0.05, 0.1) is 5.56 Å². The molecule has 1 aromatic heterocycles. The zero-order valence-electron chi connectivity index (χ0n) is 12.2. The van der Waals surface area contributed by atoms with Gasteiger partial charge in [-0.25, -0.2) is 4.98 Å². The number of anilines is 1. The van der Waals surface area contributed by atoms with Crippen molar-refractivity contribution < 1.29 is 0 Å². The van der Waals surface area contributed by atoms with Crippen LogP contribution >= 0.6 is 0 Å². The maximum Gasteiger partial charge on any atom is 0.146 e. The molecule has 4 heteroatoms. The van der Waals surface area contributed by atoms with Gasteiger partial charge < -0.3 is 10.2 Å². The summed E-state index contributed by atoms with van der Waals surface area (Å²) < 4.78 is 0. The second-order valence-corrected chi connectivity index (χ2v) is 6.24. The van der Waals surface area contributed by atoms with Crippen molar-refractivity contribution in [1.82, 2.24) is 10.3 Å². The van der Waals surface area contributed by atoms with E-state index in [2.05, 4.69) is 21.3 Å². The SMILES string of the molecule is Cc1ccc(C#N)c(N2CCCC3(CCCNC3)C2)n1. The lowest BCUT2D eigenvalue weighted by Crippen LogP contribution is -2.51. The van der Waals surface area contributed by atoms with Crippen molar-refractivity contribution in [2.75, 3.05) is 31.1 Å². The summed E-state index contributed by atoms with van der Waals surface area (Å²) in [4.78, 5) is 6.96. The van der Waals surface area contributed by atoms with Gasteiger partial charge in [-0.1, -0.05) is 0 Å². The molecule has 20 heavy (non-hydrogen) atoms. The lowest BCUT2D eigenvalue weighted by atomic mass is 9.74. The van der Waals surface area contributed by atoms with Crippen LogP contribution in [0.2, 0.25) is 0 Å². The highest BCUT2D eigenvalue weighted by Gasteiger charge is 2.37. The average Bonchev–Trinajstić information content (AvgIpc) is 2.48. The molecule has 1 N–H and O–H groups in total. The molecule has 3 heterocycles. The molecule has 1 aromatic rings. The molecular formula is C16H22N4. The van der Waals surface area contributed by atoms with Gasteiger partial charge in [-0.05, 0) is 51.3 Å². The van der Waals surface area contributed by atoms with E-state index < -0.39 is 0 Å². The Kier molecular flexibility index (Phi) is 3.62. The third-order valence-electron chi connectivity index (χ3n) is 4.66. The van der Waals surface area contributed by atoms with Gasteiger partial charge in [0.2, 0.25) is 0 Å². The molecule has 0 radical (unpaired) electrons. The molecule has 3 rings (SSSR count). The molecule has 2 aliphatic heterocycles. The molecule has 4 nitrogen and oxygen atoms in total. The predicted molar refractivity (Wildman–Crippen MR) is 79.7 cm³/mol. The number of rotatable bonds is 1. The number of aryl methyl sites for hydroxylation is 1. The molecule has 0 amide bonds. The van der Waals surface area contributed by atoms with Crippen molar-refractivity contribution in [2.24, 2.45) is 5.41 Å². The molecule has 106 valence electrons. The minimum Gasteiger partial charge on any atom is -0.355 e. The summed E-state index contributed by atoms with van der Waals surface area (Å²) in [5, 5.41) is 12.9. The van der Waals surface area contributed by atoms with Crippen LogP contribution in [0.15, 0.2) is 12.1 Å². The second kappa shape index (κ2) is 5.41. The average molecular weight is 270 g/mol. The summed E-state index contributed by atoms with van der Waals surface area (Å²) in [6.45, 7) is 6.30. The van der Waals surface area contributed by atoms with Gasteiger partial charge in [0.15, 0.2) is 0 Å². The smallest absolute Gasteiger partial charge is 0.146 e. The number of nitrogens with one attached hydrogen (secondary N) is 1. The zero-order valence-corrected chi connectivity index (χ0v) is 12.2. The van der Waals surface area contributed by atoms with Crippen molar-refractivity contribution >= 4 is 5.82 Å². The van der Waals surface area contributed by atoms with Crippen LogP contribution in [0.1, 0.15) is 36.9 Å². The summed E-state index contributed by atoms with van der Waals surface area (Å²) in [5.74, 6) is 0.886. The minimum atomic E-state index is 0.384. The Bertz CT molecular complexity index is 520. The quantitative estimate of drug-likeness (QED) is 0.850. The molecule has 0 bridgehead atoms. The van der Waals surface area contributed by atoms with Crippen molar-refractivity contribution in [2.45, 2.75) is 32.6 Å². The van der Waals surface area contributed by atoms with Gasteiger partial charge in [0.1, 0.15) is 11.9 Å². The number of hydrogen-bond acceptors (Lipinski definition) is 4. The van der Waals surface area contributed by atoms with E-state index in [0.717, 1.165) is 37.7 Å². The topological polar surface area (TPSA) is 52.0 Å². The maximum absolute atomic E-state index is 9.31. The van der Waals surface area contributed by atoms with Crippen LogP contribution in [0.4, 0.5) is 5.82 Å². The van der Waals surface area contributed by atoms with Gasteiger partial charge in [-0.3, -0.25) is 0 Å². The van der Waals surface area contributed by atoms with Crippen LogP contribution in [0.25, 0.3) is 0 Å². The summed E-state index contributed by atoms with van der Waals surface area (Å²) in [5.41, 5.74) is 2.08. The first-order valence-corrected chi connectivity index (χ1v) is 7.56. The van der Waals surface area contributed by atoms with E-state index in [1.165, 1.54) is 25.7 Å². The van der Waals surface area contributed by atoms with E-state index in [1.807, 2.05) is 19.1 Å². The number of nitriles is 1. The molecule has 1 atom stereocenters. The maximum atomic E-state index is 9.31. The molecule has 1 unspecified atom stereocenters. The fourth-order valence-electron chi connectivity index (χ4n) is 3.64. The molecule has 1 spiro atoms. The number of piperidine rings is 2. The van der Waals surface area contributed by atoms with Crippen LogP contribution in [-0.4, -0.2) is 31.2 Å². The highest BCUT2D eigenvalue weighted by atomic mass is 15.2. The van der Waals surface area contributed by atoms with Crippen LogP contribution in [0.3, 0.4) is 0 Å². The first-order chi connectivity index (χ1) is 9.72. The monoisotopic (exact) mass is 270 g/mol. The Hall–Kier alpha value is -1.60. The number of pyridine rings is 1. The molecule has 2 fully saturated rings. The fraction of sp³-hybridized carbons (Fsp3) is 0.625. The Balaban J connectivity index is 1.87. The summed E-state index contributed by atoms with van der Waals surface area (Å²) >= 11 is 0. The van der Waals surface area contributed by atoms with Crippen molar-refractivity contribution in [1.29, 1.82) is 5.26 Å². The zero-order chi connectivity index (χ0) is 14.0. The lowest BCUT2D eigenvalue weighted by Gasteiger charge is -2.46. The van der Waals surface area contributed by atoms with E-state index in [9.17, 15) is 5.26 Å². The number of nitrogens with zero attached hydrogens (tertiary/aromatic N) is 3. The largest absolute Gasteiger partial charge is 0.355 e. The van der Waals surface area contributed by atoms with Crippen LogP contribution in [0.5, 0.6) is 0 Å². The van der Waals surface area contributed by atoms with Gasteiger partial charge in [-0.15, -0.1) is 0 Å². The first kappa shape index (κ1) is 13.4. The third kappa shape index (κ3) is 2.51. The van der Waals surface area contributed by atoms with Gasteiger partial charge in [0.25, 0.3) is 0 Å². The first-order valence-electron chi connectivity index (χ1n) is 7.56. The Morgan fingerprint density at radius 1 is 1.35 bits per heavy atom. The summed E-state index contributed by atoms with van der Waals surface area (Å²) in [7, 11) is 0. The molecule has 0 saturated carbocycles. The number of aromatic nitrogens is 1. The molecule has 0 aliphatic carbocycles. The van der Waals surface area contributed by atoms with Crippen LogP contribution in [0, 0.1) is 23.7 Å². The standard InChI is InChI=1S/C16H22N4/c1-13-4-5-14(10-17)15(19-13)20-9-3-7-16(12-20)6-2-8-18-11-16/h4-5,18H,2-3,6-9,11-12H2,1H3. The normalized spacial score (nSPS) is 26.5. The van der Waals surface area contributed by atoms with E-state index in [-0.39, 0.29) is 0 Å². The fourth-order valence-corrected chi connectivity index (χ4v) is 3.64. The highest BCUT2D eigenvalue weighted by molar-refractivity contribution is 5.54. The Labute approximate surface area is 120 Å². The van der Waals surface area contributed by atoms with E-state index in [1.54, 1.807) is 0 Å². The second-order valence-electron chi connectivity index (χ2n) is 6.24. The van der Waals surface area contributed by atoms with E-state index >= 15 is 0 Å². The van der Waals surface area contributed by atoms with Crippen molar-refractivity contribution in [3.05, 3.63) is 23.4 Å². The van der Waals surface area contributed by atoms with Crippen molar-refractivity contribution in [3.63, 3.8) is 0 Å². The van der Waals surface area contributed by atoms with Gasteiger partial charge in [-0.2, -0.15) is 5.26 Å². The summed E-state index contributed by atoms with van der Waals surface area (Å²) in [6.07, 6.45) is 5.05. The predicted octanol–water partition coefficient (Wildman–Crippen LogP) is 2.23. The summed E-state index contributed by atoms with van der Waals surface area (Å²) in [6, 6.07) is 6.11. The van der Waals surface area contributed by atoms with E-state index in [0.29, 0.717) is 11.0 Å². The number of hydrogen-bond donors (Lipinski definition) is 1. The Morgan fingerprint density at radius 3 is 2.95 bits per heavy atom. The van der Waals surface area contributed by atoms with Crippen LogP contribution < -0.4 is 10.2 Å². The Morgan fingerprint density at radius 2 is 2.20 bits per heavy atom. The molecular weight excluding hydrogens is 248 g/mol. The molecule has 0 aromatic carbocycles. The lowest BCUT2D eigenvalue weighted by molar-refractivity contribution is 0.173. The van der Waals surface area contributed by atoms with Crippen molar-refractivity contribution in [3.8, 4) is 6.07 Å². The molecule has 2 aliphatic rings. The minimum absolute atomic E-state index is 0.384. The van der Waals surface area contributed by atoms with Gasteiger partial charge >= 0.3 is 0 Å². The van der Waals surface area contributed by atoms with Gasteiger partial charge in [0, 0.05) is 30.7 Å². The van der Waals surface area contributed by atoms with E-state index in [4.69, 9.17) is 0 Å².